The molecule has 72 valence electrons. The standard InChI is InChI=1S/C12H18S/c1-5-13-8-12-10(3)6-9(2)7-11(12)4/h6-7H,5,8H2,1-4H3. The summed E-state index contributed by atoms with van der Waals surface area (Å²) in [6.07, 6.45) is 0. The van der Waals surface area contributed by atoms with E-state index in [1.807, 2.05) is 11.8 Å². The van der Waals surface area contributed by atoms with Crippen LogP contribution in [-0.2, 0) is 5.75 Å². The Morgan fingerprint density at radius 3 is 2.08 bits per heavy atom. The topological polar surface area (TPSA) is 0 Å². The maximum absolute atomic E-state index is 2.28. The molecule has 0 aliphatic carbocycles. The Hall–Kier alpha value is -0.430. The first-order valence-corrected chi connectivity index (χ1v) is 5.95. The van der Waals surface area contributed by atoms with Crippen LogP contribution in [0, 0.1) is 20.8 Å². The van der Waals surface area contributed by atoms with Gasteiger partial charge in [0, 0.05) is 5.75 Å². The van der Waals surface area contributed by atoms with Crippen molar-refractivity contribution >= 4 is 11.8 Å². The van der Waals surface area contributed by atoms with E-state index in [0.29, 0.717) is 0 Å². The average molecular weight is 194 g/mol. The molecule has 0 atom stereocenters. The Morgan fingerprint density at radius 1 is 1.08 bits per heavy atom. The summed E-state index contributed by atoms with van der Waals surface area (Å²) in [4.78, 5) is 0. The molecule has 13 heavy (non-hydrogen) atoms. The van der Waals surface area contributed by atoms with Gasteiger partial charge in [0.1, 0.15) is 0 Å². The summed E-state index contributed by atoms with van der Waals surface area (Å²) in [6, 6.07) is 4.55. The Balaban J connectivity index is 2.92. The Bertz CT molecular complexity index is 266. The molecule has 0 aromatic heterocycles. The molecule has 0 aliphatic heterocycles. The molecule has 0 nitrogen and oxygen atoms in total. The SMILES string of the molecule is CCSCc1c(C)cc(C)cc1C. The first-order chi connectivity index (χ1) is 6.15. The summed E-state index contributed by atoms with van der Waals surface area (Å²) in [7, 11) is 0. The minimum atomic E-state index is 1.16. The Morgan fingerprint density at radius 2 is 1.62 bits per heavy atom. The van der Waals surface area contributed by atoms with Gasteiger partial charge in [-0.1, -0.05) is 24.6 Å². The zero-order valence-electron chi connectivity index (χ0n) is 8.98. The largest absolute Gasteiger partial charge is 0.157 e. The second-order valence-electron chi connectivity index (χ2n) is 3.51. The first-order valence-electron chi connectivity index (χ1n) is 4.79. The monoisotopic (exact) mass is 194 g/mol. The minimum Gasteiger partial charge on any atom is -0.157 e. The van der Waals surface area contributed by atoms with Gasteiger partial charge in [0.05, 0.1) is 0 Å². The molecule has 0 N–H and O–H groups in total. The zero-order chi connectivity index (χ0) is 9.84. The highest BCUT2D eigenvalue weighted by atomic mass is 32.2. The third kappa shape index (κ3) is 2.77. The minimum absolute atomic E-state index is 1.16. The lowest BCUT2D eigenvalue weighted by Gasteiger charge is -2.10. The smallest absolute Gasteiger partial charge is 0.0189 e. The highest BCUT2D eigenvalue weighted by molar-refractivity contribution is 7.98. The molecule has 0 aliphatic rings. The fourth-order valence-electron chi connectivity index (χ4n) is 1.64. The lowest BCUT2D eigenvalue weighted by molar-refractivity contribution is 1.21. The van der Waals surface area contributed by atoms with Crippen molar-refractivity contribution in [3.8, 4) is 0 Å². The van der Waals surface area contributed by atoms with Gasteiger partial charge in [-0.3, -0.25) is 0 Å². The van der Waals surface area contributed by atoms with Crippen molar-refractivity contribution in [1.82, 2.24) is 0 Å². The van der Waals surface area contributed by atoms with Gasteiger partial charge in [-0.05, 0) is 43.2 Å². The molecule has 0 fully saturated rings. The number of hydrogen-bond donors (Lipinski definition) is 0. The molecule has 1 heteroatoms. The van der Waals surface area contributed by atoms with Crippen LogP contribution in [0.4, 0.5) is 0 Å². The summed E-state index contributed by atoms with van der Waals surface area (Å²) in [5.41, 5.74) is 5.79. The van der Waals surface area contributed by atoms with E-state index in [1.165, 1.54) is 28.0 Å². The van der Waals surface area contributed by atoms with Crippen LogP contribution in [0.3, 0.4) is 0 Å². The van der Waals surface area contributed by atoms with Crippen molar-refractivity contribution < 1.29 is 0 Å². The molecule has 0 saturated heterocycles. The van der Waals surface area contributed by atoms with Crippen LogP contribution in [0.5, 0.6) is 0 Å². The van der Waals surface area contributed by atoms with Crippen molar-refractivity contribution in [1.29, 1.82) is 0 Å². The summed E-state index contributed by atoms with van der Waals surface area (Å²) in [5, 5.41) is 0. The zero-order valence-corrected chi connectivity index (χ0v) is 9.79. The van der Waals surface area contributed by atoms with E-state index in [9.17, 15) is 0 Å². The molecule has 1 rings (SSSR count). The summed E-state index contributed by atoms with van der Waals surface area (Å²) >= 11 is 2.00. The molecule has 0 amide bonds. The third-order valence-electron chi connectivity index (χ3n) is 2.29. The molecule has 0 saturated carbocycles. The van der Waals surface area contributed by atoms with Crippen LogP contribution in [0.2, 0.25) is 0 Å². The maximum Gasteiger partial charge on any atom is 0.0189 e. The Labute approximate surface area is 85.7 Å². The van der Waals surface area contributed by atoms with E-state index in [0.717, 1.165) is 5.75 Å². The first kappa shape index (κ1) is 10.6. The molecular weight excluding hydrogens is 176 g/mol. The van der Waals surface area contributed by atoms with Gasteiger partial charge < -0.3 is 0 Å². The summed E-state index contributed by atoms with van der Waals surface area (Å²) in [5.74, 6) is 2.36. The highest BCUT2D eigenvalue weighted by Crippen LogP contribution is 2.21. The molecule has 0 bridgehead atoms. The van der Waals surface area contributed by atoms with Crippen LogP contribution in [0.15, 0.2) is 12.1 Å². The van der Waals surface area contributed by atoms with Crippen molar-refractivity contribution in [2.45, 2.75) is 33.4 Å². The van der Waals surface area contributed by atoms with Crippen LogP contribution in [0.1, 0.15) is 29.2 Å². The third-order valence-corrected chi connectivity index (χ3v) is 3.19. The lowest BCUT2D eigenvalue weighted by Crippen LogP contribution is -1.93. The number of benzene rings is 1. The predicted molar refractivity (Wildman–Crippen MR) is 62.5 cm³/mol. The van der Waals surface area contributed by atoms with E-state index in [1.54, 1.807) is 0 Å². The normalized spacial score (nSPS) is 10.5. The molecular formula is C12H18S. The van der Waals surface area contributed by atoms with Crippen molar-refractivity contribution in [3.63, 3.8) is 0 Å². The molecule has 0 spiro atoms. The molecule has 0 radical (unpaired) electrons. The highest BCUT2D eigenvalue weighted by Gasteiger charge is 2.02. The van der Waals surface area contributed by atoms with Gasteiger partial charge in [-0.25, -0.2) is 0 Å². The molecule has 1 aromatic rings. The van der Waals surface area contributed by atoms with E-state index < -0.39 is 0 Å². The second-order valence-corrected chi connectivity index (χ2v) is 4.79. The summed E-state index contributed by atoms with van der Waals surface area (Å²) in [6.45, 7) is 8.80. The van der Waals surface area contributed by atoms with Crippen LogP contribution < -0.4 is 0 Å². The number of rotatable bonds is 3. The van der Waals surface area contributed by atoms with E-state index in [-0.39, 0.29) is 0 Å². The Kier molecular flexibility index (Phi) is 3.86. The van der Waals surface area contributed by atoms with Gasteiger partial charge in [0.2, 0.25) is 0 Å². The molecule has 0 unspecified atom stereocenters. The van der Waals surface area contributed by atoms with E-state index >= 15 is 0 Å². The van der Waals surface area contributed by atoms with Gasteiger partial charge >= 0.3 is 0 Å². The number of hydrogen-bond acceptors (Lipinski definition) is 1. The van der Waals surface area contributed by atoms with Gasteiger partial charge in [-0.15, -0.1) is 0 Å². The fourth-order valence-corrected chi connectivity index (χ4v) is 2.51. The van der Waals surface area contributed by atoms with E-state index in [4.69, 9.17) is 0 Å². The van der Waals surface area contributed by atoms with E-state index in [2.05, 4.69) is 39.8 Å². The van der Waals surface area contributed by atoms with Gasteiger partial charge in [-0.2, -0.15) is 11.8 Å². The van der Waals surface area contributed by atoms with Crippen molar-refractivity contribution in [3.05, 3.63) is 34.4 Å². The maximum atomic E-state index is 2.28. The molecule has 1 aromatic carbocycles. The van der Waals surface area contributed by atoms with Crippen LogP contribution >= 0.6 is 11.8 Å². The second kappa shape index (κ2) is 4.71. The van der Waals surface area contributed by atoms with Crippen molar-refractivity contribution in [2.75, 3.05) is 5.75 Å². The number of thioether (sulfide) groups is 1. The summed E-state index contributed by atoms with van der Waals surface area (Å²) < 4.78 is 0. The quantitative estimate of drug-likeness (QED) is 0.704. The van der Waals surface area contributed by atoms with Gasteiger partial charge in [0.15, 0.2) is 0 Å². The van der Waals surface area contributed by atoms with Crippen molar-refractivity contribution in [2.24, 2.45) is 0 Å². The predicted octanol–water partition coefficient (Wildman–Crippen LogP) is 3.86. The van der Waals surface area contributed by atoms with Gasteiger partial charge in [0.25, 0.3) is 0 Å². The molecule has 0 heterocycles. The lowest BCUT2D eigenvalue weighted by atomic mass is 10.0. The van der Waals surface area contributed by atoms with Crippen LogP contribution in [-0.4, -0.2) is 5.75 Å². The van der Waals surface area contributed by atoms with Crippen LogP contribution in [0.25, 0.3) is 0 Å². The fraction of sp³-hybridized carbons (Fsp3) is 0.500. The number of aryl methyl sites for hydroxylation is 3. The average Bonchev–Trinajstić information content (AvgIpc) is 2.02.